The summed E-state index contributed by atoms with van der Waals surface area (Å²) in [6.07, 6.45) is 9.97. The van der Waals surface area contributed by atoms with Gasteiger partial charge in [0.2, 0.25) is 0 Å². The molecule has 0 bridgehead atoms. The van der Waals surface area contributed by atoms with Gasteiger partial charge in [-0.25, -0.2) is 0 Å². The number of anilines is 1. The molecule has 1 heterocycles. The third kappa shape index (κ3) is 2.87. The highest BCUT2D eigenvalue weighted by atomic mass is 15.4. The zero-order chi connectivity index (χ0) is 12.8. The van der Waals surface area contributed by atoms with Crippen LogP contribution in [0.15, 0.2) is 42.7 Å². The fraction of sp³-hybridized carbons (Fsp3) is 0.500. The van der Waals surface area contributed by atoms with E-state index in [2.05, 4.69) is 66.4 Å². The number of hydrogen-bond acceptors (Lipinski definition) is 2. The number of hydrogen-bond donors (Lipinski definition) is 0. The van der Waals surface area contributed by atoms with Crippen LogP contribution in [0, 0.1) is 0 Å². The van der Waals surface area contributed by atoms with Crippen LogP contribution in [0.4, 0.5) is 5.69 Å². The molecule has 0 aromatic heterocycles. The van der Waals surface area contributed by atoms with Crippen molar-refractivity contribution in [1.29, 1.82) is 0 Å². The Morgan fingerprint density at radius 2 is 1.78 bits per heavy atom. The fourth-order valence-corrected chi connectivity index (χ4v) is 2.55. The molecule has 0 aliphatic carbocycles. The van der Waals surface area contributed by atoms with E-state index in [0.717, 1.165) is 6.54 Å². The van der Waals surface area contributed by atoms with E-state index in [9.17, 15) is 0 Å². The maximum absolute atomic E-state index is 2.47. The van der Waals surface area contributed by atoms with Crippen molar-refractivity contribution in [3.05, 3.63) is 42.7 Å². The molecule has 2 nitrogen and oxygen atoms in total. The number of para-hydroxylation sites is 1. The molecule has 1 atom stereocenters. The second-order valence-corrected chi connectivity index (χ2v) is 4.90. The van der Waals surface area contributed by atoms with E-state index < -0.39 is 0 Å². The molecule has 1 aromatic rings. The van der Waals surface area contributed by atoms with Crippen molar-refractivity contribution in [2.45, 2.75) is 45.7 Å². The van der Waals surface area contributed by atoms with Crippen LogP contribution in [0.5, 0.6) is 0 Å². The monoisotopic (exact) mass is 244 g/mol. The van der Waals surface area contributed by atoms with Gasteiger partial charge in [0.25, 0.3) is 0 Å². The lowest BCUT2D eigenvalue weighted by atomic mass is 10.1. The van der Waals surface area contributed by atoms with Gasteiger partial charge in [0.1, 0.15) is 6.17 Å². The lowest BCUT2D eigenvalue weighted by Gasteiger charge is -2.32. The molecule has 0 fully saturated rings. The Balaban J connectivity index is 2.11. The zero-order valence-electron chi connectivity index (χ0n) is 11.5. The summed E-state index contributed by atoms with van der Waals surface area (Å²) < 4.78 is 0. The highest BCUT2D eigenvalue weighted by Gasteiger charge is 2.25. The molecule has 1 aromatic carbocycles. The second kappa shape index (κ2) is 6.48. The van der Waals surface area contributed by atoms with Crippen molar-refractivity contribution in [2.75, 3.05) is 11.4 Å². The van der Waals surface area contributed by atoms with Gasteiger partial charge in [-0.3, -0.25) is 0 Å². The zero-order valence-corrected chi connectivity index (χ0v) is 11.5. The predicted octanol–water partition coefficient (Wildman–Crippen LogP) is 4.21. The molecular formula is C16H24N2. The largest absolute Gasteiger partial charge is 0.356 e. The highest BCUT2D eigenvalue weighted by Crippen LogP contribution is 2.27. The average Bonchev–Trinajstić information content (AvgIpc) is 2.81. The Kier molecular flexibility index (Phi) is 4.68. The van der Waals surface area contributed by atoms with E-state index in [1.807, 2.05) is 0 Å². The summed E-state index contributed by atoms with van der Waals surface area (Å²) in [5, 5.41) is 0. The molecule has 18 heavy (non-hydrogen) atoms. The van der Waals surface area contributed by atoms with Crippen molar-refractivity contribution < 1.29 is 0 Å². The Morgan fingerprint density at radius 1 is 1.00 bits per heavy atom. The van der Waals surface area contributed by atoms with Gasteiger partial charge in [-0.1, -0.05) is 38.5 Å². The minimum Gasteiger partial charge on any atom is -0.356 e. The molecule has 0 amide bonds. The van der Waals surface area contributed by atoms with E-state index >= 15 is 0 Å². The van der Waals surface area contributed by atoms with Gasteiger partial charge >= 0.3 is 0 Å². The van der Waals surface area contributed by atoms with Gasteiger partial charge in [0.05, 0.1) is 0 Å². The van der Waals surface area contributed by atoms with E-state index in [0.29, 0.717) is 6.17 Å². The number of benzene rings is 1. The van der Waals surface area contributed by atoms with Gasteiger partial charge in [0.15, 0.2) is 0 Å². The van der Waals surface area contributed by atoms with E-state index in [-0.39, 0.29) is 0 Å². The van der Waals surface area contributed by atoms with Crippen molar-refractivity contribution in [3.8, 4) is 0 Å². The average molecular weight is 244 g/mol. The van der Waals surface area contributed by atoms with Crippen LogP contribution in [-0.4, -0.2) is 17.6 Å². The molecule has 1 unspecified atom stereocenters. The number of nitrogens with zero attached hydrogens (tertiary/aromatic N) is 2. The van der Waals surface area contributed by atoms with Gasteiger partial charge in [-0.2, -0.15) is 0 Å². The Bertz CT molecular complexity index is 372. The Hall–Kier alpha value is -1.44. The highest BCUT2D eigenvalue weighted by molar-refractivity contribution is 5.51. The molecule has 0 saturated heterocycles. The van der Waals surface area contributed by atoms with Gasteiger partial charge in [-0.15, -0.1) is 0 Å². The van der Waals surface area contributed by atoms with E-state index in [1.54, 1.807) is 0 Å². The second-order valence-electron chi connectivity index (χ2n) is 4.90. The summed E-state index contributed by atoms with van der Waals surface area (Å²) in [5.74, 6) is 0. The van der Waals surface area contributed by atoms with Crippen LogP contribution in [0.3, 0.4) is 0 Å². The van der Waals surface area contributed by atoms with Gasteiger partial charge in [-0.05, 0) is 31.4 Å². The SMILES string of the molecule is CCCCC1N(CCC)C=CN1c1ccccc1. The van der Waals surface area contributed by atoms with Crippen LogP contribution >= 0.6 is 0 Å². The molecule has 0 spiro atoms. The predicted molar refractivity (Wildman–Crippen MR) is 78.4 cm³/mol. The molecule has 2 heteroatoms. The molecule has 0 radical (unpaired) electrons. The molecule has 2 rings (SSSR count). The first-order chi connectivity index (χ1) is 8.86. The lowest BCUT2D eigenvalue weighted by molar-refractivity contribution is 0.281. The van der Waals surface area contributed by atoms with E-state index in [1.165, 1.54) is 31.4 Å². The minimum atomic E-state index is 0.507. The summed E-state index contributed by atoms with van der Waals surface area (Å²) in [7, 11) is 0. The smallest absolute Gasteiger partial charge is 0.105 e. The first kappa shape index (κ1) is 13.0. The summed E-state index contributed by atoms with van der Waals surface area (Å²) in [6.45, 7) is 5.66. The number of rotatable bonds is 6. The van der Waals surface area contributed by atoms with Gasteiger partial charge < -0.3 is 9.80 Å². The van der Waals surface area contributed by atoms with Crippen LogP contribution in [0.2, 0.25) is 0 Å². The third-order valence-corrected chi connectivity index (χ3v) is 3.47. The standard InChI is InChI=1S/C16H24N2/c1-3-5-11-16-17(12-4-2)13-14-18(16)15-9-7-6-8-10-15/h6-10,13-14,16H,3-5,11-12H2,1-2H3. The molecule has 1 aliphatic rings. The summed E-state index contributed by atoms with van der Waals surface area (Å²) in [5.41, 5.74) is 1.30. The third-order valence-electron chi connectivity index (χ3n) is 3.47. The maximum Gasteiger partial charge on any atom is 0.105 e. The number of unbranched alkanes of at least 4 members (excludes halogenated alkanes) is 1. The molecule has 98 valence electrons. The van der Waals surface area contributed by atoms with Crippen molar-refractivity contribution in [2.24, 2.45) is 0 Å². The summed E-state index contributed by atoms with van der Waals surface area (Å²) in [6, 6.07) is 10.7. The summed E-state index contributed by atoms with van der Waals surface area (Å²) in [4.78, 5) is 4.88. The van der Waals surface area contributed by atoms with Crippen LogP contribution in [0.1, 0.15) is 39.5 Å². The van der Waals surface area contributed by atoms with E-state index in [4.69, 9.17) is 0 Å². The Morgan fingerprint density at radius 3 is 2.44 bits per heavy atom. The fourth-order valence-electron chi connectivity index (χ4n) is 2.55. The molecular weight excluding hydrogens is 220 g/mol. The lowest BCUT2D eigenvalue weighted by Crippen LogP contribution is -2.39. The Labute approximate surface area is 111 Å². The van der Waals surface area contributed by atoms with Crippen molar-refractivity contribution in [3.63, 3.8) is 0 Å². The maximum atomic E-state index is 2.47. The first-order valence-electron chi connectivity index (χ1n) is 7.14. The molecule has 0 saturated carbocycles. The topological polar surface area (TPSA) is 6.48 Å². The summed E-state index contributed by atoms with van der Waals surface area (Å²) >= 11 is 0. The van der Waals surface area contributed by atoms with Gasteiger partial charge in [0, 0.05) is 24.6 Å². The quantitative estimate of drug-likeness (QED) is 0.739. The van der Waals surface area contributed by atoms with Crippen LogP contribution < -0.4 is 4.90 Å². The van der Waals surface area contributed by atoms with Crippen molar-refractivity contribution in [1.82, 2.24) is 4.90 Å². The van der Waals surface area contributed by atoms with Crippen LogP contribution in [-0.2, 0) is 0 Å². The first-order valence-corrected chi connectivity index (χ1v) is 7.14. The normalized spacial score (nSPS) is 18.7. The van der Waals surface area contributed by atoms with Crippen LogP contribution in [0.25, 0.3) is 0 Å². The molecule has 1 aliphatic heterocycles. The molecule has 0 N–H and O–H groups in total. The van der Waals surface area contributed by atoms with Crippen molar-refractivity contribution >= 4 is 5.69 Å². The minimum absolute atomic E-state index is 0.507.